The molecule has 2 rings (SSSR count). The number of hydrogen-bond donors (Lipinski definition) is 1. The molecule has 2 aromatic rings. The third kappa shape index (κ3) is 6.17. The quantitative estimate of drug-likeness (QED) is 0.708. The fraction of sp³-hybridized carbons (Fsp3) is 0.235. The Balaban J connectivity index is 2.08. The number of rotatable bonds is 7. The predicted molar refractivity (Wildman–Crippen MR) is 90.9 cm³/mol. The monoisotopic (exact) mass is 403 g/mol. The molecule has 27 heavy (non-hydrogen) atoms. The smallest absolute Gasteiger partial charge is 0.462 e. The van der Waals surface area contributed by atoms with Crippen molar-refractivity contribution in [2.45, 2.75) is 24.6 Å². The zero-order valence-corrected chi connectivity index (χ0v) is 14.9. The number of halogens is 3. The molecule has 2 aromatic carbocycles. The first kappa shape index (κ1) is 20.6. The van der Waals surface area contributed by atoms with Crippen molar-refractivity contribution in [2.24, 2.45) is 0 Å². The summed E-state index contributed by atoms with van der Waals surface area (Å²) in [5.74, 6) is -1.05. The van der Waals surface area contributed by atoms with E-state index in [1.807, 2.05) is 6.92 Å². The molecule has 0 aliphatic carbocycles. The zero-order valence-electron chi connectivity index (χ0n) is 14.1. The number of carbonyl (C=O) groups is 1. The van der Waals surface area contributed by atoms with E-state index in [0.29, 0.717) is 6.42 Å². The second-order valence-corrected chi connectivity index (χ2v) is 7.02. The summed E-state index contributed by atoms with van der Waals surface area (Å²) in [6.07, 6.45) is -4.19. The molecule has 0 fully saturated rings. The van der Waals surface area contributed by atoms with Gasteiger partial charge in [-0.2, -0.15) is 0 Å². The molecule has 0 aliphatic heterocycles. The number of anilines is 1. The van der Waals surface area contributed by atoms with Gasteiger partial charge in [0, 0.05) is 5.69 Å². The Bertz CT molecular complexity index is 878. The van der Waals surface area contributed by atoms with Crippen LogP contribution in [0.1, 0.15) is 23.7 Å². The normalized spacial score (nSPS) is 11.7. The van der Waals surface area contributed by atoms with Crippen LogP contribution in [0.4, 0.5) is 18.9 Å². The van der Waals surface area contributed by atoms with Crippen LogP contribution in [-0.2, 0) is 14.8 Å². The van der Waals surface area contributed by atoms with Crippen LogP contribution in [0.2, 0.25) is 0 Å². The Kier molecular flexibility index (Phi) is 6.32. The van der Waals surface area contributed by atoms with Gasteiger partial charge in [-0.25, -0.2) is 13.2 Å². The summed E-state index contributed by atoms with van der Waals surface area (Å²) in [5, 5.41) is 0. The summed E-state index contributed by atoms with van der Waals surface area (Å²) in [6.45, 7) is 2.13. The first-order chi connectivity index (χ1) is 12.6. The predicted octanol–water partition coefficient (Wildman–Crippen LogP) is 3.95. The highest BCUT2D eigenvalue weighted by Gasteiger charge is 2.31. The van der Waals surface area contributed by atoms with E-state index in [2.05, 4.69) is 9.46 Å². The van der Waals surface area contributed by atoms with Crippen LogP contribution in [0.3, 0.4) is 0 Å². The van der Waals surface area contributed by atoms with Gasteiger partial charge in [-0.1, -0.05) is 6.92 Å². The first-order valence-electron chi connectivity index (χ1n) is 7.76. The largest absolute Gasteiger partial charge is 0.573 e. The van der Waals surface area contributed by atoms with E-state index in [4.69, 9.17) is 4.74 Å². The van der Waals surface area contributed by atoms with Gasteiger partial charge in [0.25, 0.3) is 10.0 Å². The number of carbonyl (C=O) groups excluding carboxylic acids is 1. The summed E-state index contributed by atoms with van der Waals surface area (Å²) < 4.78 is 71.9. The molecule has 0 unspecified atom stereocenters. The lowest BCUT2D eigenvalue weighted by Gasteiger charge is -2.11. The van der Waals surface area contributed by atoms with Gasteiger partial charge in [0.05, 0.1) is 17.1 Å². The Morgan fingerprint density at radius 2 is 1.63 bits per heavy atom. The average molecular weight is 403 g/mol. The molecule has 0 saturated heterocycles. The molecule has 10 heteroatoms. The number of nitrogens with one attached hydrogen (secondary N) is 1. The summed E-state index contributed by atoms with van der Waals surface area (Å²) in [7, 11) is -4.02. The summed E-state index contributed by atoms with van der Waals surface area (Å²) >= 11 is 0. The third-order valence-corrected chi connectivity index (χ3v) is 4.57. The second kappa shape index (κ2) is 8.30. The molecule has 0 aromatic heterocycles. The summed E-state index contributed by atoms with van der Waals surface area (Å²) in [5.41, 5.74) is 0.442. The molecular weight excluding hydrogens is 387 g/mol. The van der Waals surface area contributed by atoms with Gasteiger partial charge in [0.2, 0.25) is 0 Å². The molecule has 146 valence electrons. The number of esters is 1. The fourth-order valence-corrected chi connectivity index (χ4v) is 3.05. The Labute approximate surface area is 154 Å². The Hall–Kier alpha value is -2.75. The minimum atomic E-state index is -4.86. The molecule has 0 heterocycles. The SMILES string of the molecule is CCCOC(=O)c1ccc(NS(=O)(=O)c2ccc(OC(F)(F)F)cc2)cc1. The molecule has 0 aliphatic rings. The fourth-order valence-electron chi connectivity index (χ4n) is 1.99. The average Bonchev–Trinajstić information content (AvgIpc) is 2.59. The minimum Gasteiger partial charge on any atom is -0.462 e. The van der Waals surface area contributed by atoms with Crippen LogP contribution in [0.25, 0.3) is 0 Å². The topological polar surface area (TPSA) is 81.7 Å². The maximum atomic E-state index is 12.3. The standard InChI is InChI=1S/C17H16F3NO5S/c1-2-11-25-16(22)12-3-5-13(6-4-12)21-27(23,24)15-9-7-14(8-10-15)26-17(18,19)20/h3-10,21H,2,11H2,1H3. The Morgan fingerprint density at radius 3 is 2.15 bits per heavy atom. The van der Waals surface area contributed by atoms with Crippen LogP contribution in [-0.4, -0.2) is 27.4 Å². The van der Waals surface area contributed by atoms with Gasteiger partial charge in [-0.05, 0) is 55.0 Å². The first-order valence-corrected chi connectivity index (χ1v) is 9.25. The van der Waals surface area contributed by atoms with E-state index >= 15 is 0 Å². The van der Waals surface area contributed by atoms with Gasteiger partial charge in [-0.15, -0.1) is 13.2 Å². The molecule has 0 spiro atoms. The second-order valence-electron chi connectivity index (χ2n) is 5.34. The number of benzene rings is 2. The van der Waals surface area contributed by atoms with Crippen molar-refractivity contribution < 1.29 is 35.9 Å². The number of hydrogen-bond acceptors (Lipinski definition) is 5. The number of alkyl halides is 3. The Morgan fingerprint density at radius 1 is 1.04 bits per heavy atom. The number of sulfonamides is 1. The van der Waals surface area contributed by atoms with E-state index in [9.17, 15) is 26.4 Å². The lowest BCUT2D eigenvalue weighted by Crippen LogP contribution is -2.17. The van der Waals surface area contributed by atoms with E-state index in [-0.39, 0.29) is 22.8 Å². The van der Waals surface area contributed by atoms with Gasteiger partial charge < -0.3 is 9.47 Å². The van der Waals surface area contributed by atoms with E-state index in [0.717, 1.165) is 24.3 Å². The van der Waals surface area contributed by atoms with Crippen LogP contribution in [0, 0.1) is 0 Å². The summed E-state index contributed by atoms with van der Waals surface area (Å²) in [4.78, 5) is 11.5. The lowest BCUT2D eigenvalue weighted by atomic mass is 10.2. The van der Waals surface area contributed by atoms with Crippen molar-refractivity contribution in [3.8, 4) is 5.75 Å². The van der Waals surface area contributed by atoms with Crippen molar-refractivity contribution in [3.05, 3.63) is 54.1 Å². The third-order valence-electron chi connectivity index (χ3n) is 3.18. The number of ether oxygens (including phenoxy) is 2. The van der Waals surface area contributed by atoms with E-state index in [1.54, 1.807) is 0 Å². The lowest BCUT2D eigenvalue weighted by molar-refractivity contribution is -0.274. The van der Waals surface area contributed by atoms with Crippen molar-refractivity contribution >= 4 is 21.7 Å². The molecule has 0 saturated carbocycles. The maximum absolute atomic E-state index is 12.3. The summed E-state index contributed by atoms with van der Waals surface area (Å²) in [6, 6.07) is 9.32. The molecule has 6 nitrogen and oxygen atoms in total. The van der Waals surface area contributed by atoms with Gasteiger partial charge >= 0.3 is 12.3 Å². The van der Waals surface area contributed by atoms with Gasteiger partial charge in [0.1, 0.15) is 5.75 Å². The van der Waals surface area contributed by atoms with Crippen LogP contribution < -0.4 is 9.46 Å². The molecule has 0 amide bonds. The zero-order chi connectivity index (χ0) is 20.1. The van der Waals surface area contributed by atoms with E-state index in [1.165, 1.54) is 24.3 Å². The van der Waals surface area contributed by atoms with Crippen molar-refractivity contribution in [1.82, 2.24) is 0 Å². The highest BCUT2D eigenvalue weighted by Crippen LogP contribution is 2.24. The van der Waals surface area contributed by atoms with E-state index < -0.39 is 28.1 Å². The molecular formula is C17H16F3NO5S. The molecule has 0 atom stereocenters. The molecule has 0 radical (unpaired) electrons. The highest BCUT2D eigenvalue weighted by molar-refractivity contribution is 7.92. The minimum absolute atomic E-state index is 0.178. The van der Waals surface area contributed by atoms with Gasteiger partial charge in [-0.3, -0.25) is 4.72 Å². The molecule has 0 bridgehead atoms. The van der Waals surface area contributed by atoms with Crippen LogP contribution in [0.15, 0.2) is 53.4 Å². The molecule has 1 N–H and O–H groups in total. The van der Waals surface area contributed by atoms with Crippen LogP contribution >= 0.6 is 0 Å². The van der Waals surface area contributed by atoms with Crippen molar-refractivity contribution in [1.29, 1.82) is 0 Å². The van der Waals surface area contributed by atoms with Crippen molar-refractivity contribution in [2.75, 3.05) is 11.3 Å². The van der Waals surface area contributed by atoms with Gasteiger partial charge in [0.15, 0.2) is 0 Å². The van der Waals surface area contributed by atoms with Crippen molar-refractivity contribution in [3.63, 3.8) is 0 Å². The highest BCUT2D eigenvalue weighted by atomic mass is 32.2. The van der Waals surface area contributed by atoms with Crippen LogP contribution in [0.5, 0.6) is 5.75 Å². The maximum Gasteiger partial charge on any atom is 0.573 e.